The Bertz CT molecular complexity index is 376. The molecule has 0 bridgehead atoms. The number of anilines is 1. The van der Waals surface area contributed by atoms with Crippen LogP contribution in [0, 0.1) is 12.7 Å². The highest BCUT2D eigenvalue weighted by Crippen LogP contribution is 2.31. The Kier molecular flexibility index (Phi) is 2.65. The first-order valence-corrected chi connectivity index (χ1v) is 5.44. The minimum absolute atomic E-state index is 0.0520. The lowest BCUT2D eigenvalue weighted by molar-refractivity contribution is 0.608. The molecule has 1 aromatic rings. The van der Waals surface area contributed by atoms with Gasteiger partial charge in [0.25, 0.3) is 0 Å². The zero-order chi connectivity index (χ0) is 11.0. The number of fused-ring (bicyclic) bond motifs is 1. The van der Waals surface area contributed by atoms with Crippen LogP contribution in [0.25, 0.3) is 0 Å². The molecule has 0 fully saturated rings. The maximum absolute atomic E-state index is 13.3. The van der Waals surface area contributed by atoms with E-state index in [0.29, 0.717) is 5.56 Å². The number of aryl methyl sites for hydroxylation is 1. The van der Waals surface area contributed by atoms with Crippen molar-refractivity contribution in [2.45, 2.75) is 32.9 Å². The Morgan fingerprint density at radius 2 is 2.27 bits per heavy atom. The standard InChI is InChI=1S/C12H17FN2/c1-3-12(14)15-5-4-9-7-10(13)8(2)6-11(9)15/h6-7,12H,3-5,14H2,1-2H3. The molecule has 1 unspecified atom stereocenters. The van der Waals surface area contributed by atoms with Crippen LogP contribution in [0.2, 0.25) is 0 Å². The van der Waals surface area contributed by atoms with E-state index in [4.69, 9.17) is 5.73 Å². The van der Waals surface area contributed by atoms with Gasteiger partial charge in [0.15, 0.2) is 0 Å². The largest absolute Gasteiger partial charge is 0.356 e. The highest BCUT2D eigenvalue weighted by atomic mass is 19.1. The summed E-state index contributed by atoms with van der Waals surface area (Å²) in [6, 6.07) is 3.56. The van der Waals surface area contributed by atoms with E-state index in [2.05, 4.69) is 11.8 Å². The van der Waals surface area contributed by atoms with Crippen LogP contribution < -0.4 is 10.6 Å². The molecule has 2 rings (SSSR count). The summed E-state index contributed by atoms with van der Waals surface area (Å²) >= 11 is 0. The van der Waals surface area contributed by atoms with Crippen LogP contribution in [0.15, 0.2) is 12.1 Å². The van der Waals surface area contributed by atoms with Crippen LogP contribution in [-0.4, -0.2) is 12.7 Å². The summed E-state index contributed by atoms with van der Waals surface area (Å²) in [7, 11) is 0. The predicted octanol–water partition coefficient (Wildman–Crippen LogP) is 2.19. The van der Waals surface area contributed by atoms with Crippen molar-refractivity contribution >= 4 is 5.69 Å². The first-order chi connectivity index (χ1) is 7.13. The van der Waals surface area contributed by atoms with E-state index in [0.717, 1.165) is 30.6 Å². The smallest absolute Gasteiger partial charge is 0.126 e. The average Bonchev–Trinajstić information content (AvgIpc) is 2.61. The third kappa shape index (κ3) is 1.72. The summed E-state index contributed by atoms with van der Waals surface area (Å²) in [5.74, 6) is -0.110. The van der Waals surface area contributed by atoms with Crippen molar-refractivity contribution in [3.05, 3.63) is 29.1 Å². The van der Waals surface area contributed by atoms with Crippen molar-refractivity contribution in [1.29, 1.82) is 0 Å². The molecular weight excluding hydrogens is 191 g/mol. The molecule has 1 aliphatic rings. The lowest BCUT2D eigenvalue weighted by Gasteiger charge is -2.26. The fourth-order valence-corrected chi connectivity index (χ4v) is 2.10. The number of hydrogen-bond acceptors (Lipinski definition) is 2. The van der Waals surface area contributed by atoms with E-state index in [1.807, 2.05) is 6.07 Å². The van der Waals surface area contributed by atoms with Gasteiger partial charge in [-0.05, 0) is 43.0 Å². The van der Waals surface area contributed by atoms with Gasteiger partial charge in [-0.2, -0.15) is 0 Å². The Hall–Kier alpha value is -1.09. The summed E-state index contributed by atoms with van der Waals surface area (Å²) in [5, 5.41) is 0. The molecule has 1 heterocycles. The van der Waals surface area contributed by atoms with Gasteiger partial charge in [-0.25, -0.2) is 4.39 Å². The fourth-order valence-electron chi connectivity index (χ4n) is 2.10. The van der Waals surface area contributed by atoms with Gasteiger partial charge in [-0.15, -0.1) is 0 Å². The second kappa shape index (κ2) is 3.81. The second-order valence-electron chi connectivity index (χ2n) is 4.15. The highest BCUT2D eigenvalue weighted by molar-refractivity contribution is 5.60. The van der Waals surface area contributed by atoms with Gasteiger partial charge in [0.1, 0.15) is 5.82 Å². The SMILES string of the molecule is CCC(N)N1CCc2cc(F)c(C)cc21. The van der Waals surface area contributed by atoms with E-state index in [1.54, 1.807) is 13.0 Å². The van der Waals surface area contributed by atoms with Crippen molar-refractivity contribution in [2.24, 2.45) is 5.73 Å². The van der Waals surface area contributed by atoms with Crippen molar-refractivity contribution in [1.82, 2.24) is 0 Å². The molecular formula is C12H17FN2. The Balaban J connectivity index is 2.38. The van der Waals surface area contributed by atoms with Gasteiger partial charge < -0.3 is 10.6 Å². The van der Waals surface area contributed by atoms with Crippen LogP contribution in [0.5, 0.6) is 0 Å². The number of hydrogen-bond donors (Lipinski definition) is 1. The van der Waals surface area contributed by atoms with Gasteiger partial charge in [0.05, 0.1) is 6.17 Å². The van der Waals surface area contributed by atoms with E-state index in [9.17, 15) is 4.39 Å². The molecule has 0 radical (unpaired) electrons. The predicted molar refractivity (Wildman–Crippen MR) is 60.5 cm³/mol. The molecule has 0 saturated heterocycles. The Labute approximate surface area is 89.9 Å². The molecule has 2 nitrogen and oxygen atoms in total. The maximum Gasteiger partial charge on any atom is 0.126 e. The first-order valence-electron chi connectivity index (χ1n) is 5.44. The molecule has 0 aromatic heterocycles. The number of rotatable bonds is 2. The van der Waals surface area contributed by atoms with Crippen molar-refractivity contribution in [3.8, 4) is 0 Å². The van der Waals surface area contributed by atoms with Gasteiger partial charge in [0.2, 0.25) is 0 Å². The molecule has 0 aliphatic carbocycles. The Morgan fingerprint density at radius 3 is 2.93 bits per heavy atom. The summed E-state index contributed by atoms with van der Waals surface area (Å²) in [5.41, 5.74) is 8.91. The number of nitrogens with two attached hydrogens (primary N) is 1. The third-order valence-corrected chi connectivity index (χ3v) is 3.11. The molecule has 0 saturated carbocycles. The average molecular weight is 208 g/mol. The summed E-state index contributed by atoms with van der Waals surface area (Å²) in [6.45, 7) is 4.77. The number of halogens is 1. The lowest BCUT2D eigenvalue weighted by atomic mass is 10.1. The summed E-state index contributed by atoms with van der Waals surface area (Å²) in [4.78, 5) is 2.17. The van der Waals surface area contributed by atoms with Crippen LogP contribution in [0.3, 0.4) is 0 Å². The Morgan fingerprint density at radius 1 is 1.53 bits per heavy atom. The molecule has 0 amide bonds. The zero-order valence-electron chi connectivity index (χ0n) is 9.26. The maximum atomic E-state index is 13.3. The quantitative estimate of drug-likeness (QED) is 0.807. The van der Waals surface area contributed by atoms with E-state index >= 15 is 0 Å². The lowest BCUT2D eigenvalue weighted by Crippen LogP contribution is -2.40. The summed E-state index contributed by atoms with van der Waals surface area (Å²) in [6.07, 6.45) is 1.87. The highest BCUT2D eigenvalue weighted by Gasteiger charge is 2.23. The first kappa shape index (κ1) is 10.4. The molecule has 1 aliphatic heterocycles. The van der Waals surface area contributed by atoms with Gasteiger partial charge >= 0.3 is 0 Å². The van der Waals surface area contributed by atoms with Crippen molar-refractivity contribution in [2.75, 3.05) is 11.4 Å². The van der Waals surface area contributed by atoms with Crippen LogP contribution >= 0.6 is 0 Å². The van der Waals surface area contributed by atoms with Gasteiger partial charge in [-0.3, -0.25) is 0 Å². The van der Waals surface area contributed by atoms with E-state index in [1.165, 1.54) is 0 Å². The van der Waals surface area contributed by atoms with Crippen LogP contribution in [-0.2, 0) is 6.42 Å². The van der Waals surface area contributed by atoms with Crippen molar-refractivity contribution < 1.29 is 4.39 Å². The van der Waals surface area contributed by atoms with Gasteiger partial charge in [0, 0.05) is 12.2 Å². The van der Waals surface area contributed by atoms with Crippen LogP contribution in [0.4, 0.5) is 10.1 Å². The zero-order valence-corrected chi connectivity index (χ0v) is 9.26. The van der Waals surface area contributed by atoms with E-state index < -0.39 is 0 Å². The molecule has 0 spiro atoms. The molecule has 2 N–H and O–H groups in total. The number of nitrogens with zero attached hydrogens (tertiary/aromatic N) is 1. The minimum atomic E-state index is -0.110. The van der Waals surface area contributed by atoms with Crippen LogP contribution in [0.1, 0.15) is 24.5 Å². The molecule has 15 heavy (non-hydrogen) atoms. The molecule has 82 valence electrons. The third-order valence-electron chi connectivity index (χ3n) is 3.11. The molecule has 1 aromatic carbocycles. The molecule has 3 heteroatoms. The number of benzene rings is 1. The molecule has 1 atom stereocenters. The van der Waals surface area contributed by atoms with Crippen molar-refractivity contribution in [3.63, 3.8) is 0 Å². The van der Waals surface area contributed by atoms with Gasteiger partial charge in [-0.1, -0.05) is 6.92 Å². The second-order valence-corrected chi connectivity index (χ2v) is 4.15. The topological polar surface area (TPSA) is 29.3 Å². The monoisotopic (exact) mass is 208 g/mol. The normalized spacial score (nSPS) is 16.7. The van der Waals surface area contributed by atoms with E-state index in [-0.39, 0.29) is 12.0 Å². The minimum Gasteiger partial charge on any atom is -0.356 e. The fraction of sp³-hybridized carbons (Fsp3) is 0.500. The summed E-state index contributed by atoms with van der Waals surface area (Å²) < 4.78 is 13.3.